The van der Waals surface area contributed by atoms with Crippen LogP contribution in [0.4, 0.5) is 0 Å². The number of Topliss-reactive ketones (excluding diaryl/α,β-unsaturated/α-hetero) is 2. The maximum Gasteiger partial charge on any atom is 0.323 e. The van der Waals surface area contributed by atoms with Crippen molar-refractivity contribution in [3.8, 4) is 5.75 Å². The van der Waals surface area contributed by atoms with E-state index >= 15 is 0 Å². The van der Waals surface area contributed by atoms with Gasteiger partial charge in [0.2, 0.25) is 0 Å². The van der Waals surface area contributed by atoms with E-state index in [1.807, 2.05) is 34.6 Å². The number of ether oxygens (including phenoxy) is 1. The fraction of sp³-hybridized carbons (Fsp3) is 0.519. The Morgan fingerprint density at radius 1 is 0.971 bits per heavy atom. The fourth-order valence-electron chi connectivity index (χ4n) is 5.74. The Morgan fingerprint density at radius 3 is 1.83 bits per heavy atom. The molecule has 6 nitrogen and oxygen atoms in total. The summed E-state index contributed by atoms with van der Waals surface area (Å²) in [5.74, 6) is -1.47. The van der Waals surface area contributed by atoms with Crippen molar-refractivity contribution in [2.24, 2.45) is 10.8 Å². The molecule has 0 unspecified atom stereocenters. The molecule has 1 aliphatic heterocycles. The number of hydrogen-bond acceptors (Lipinski definition) is 5. The summed E-state index contributed by atoms with van der Waals surface area (Å²) in [5, 5.41) is 10.4. The summed E-state index contributed by atoms with van der Waals surface area (Å²) >= 11 is 13.1. The number of carbonyl (C=O) groups is 3. The van der Waals surface area contributed by atoms with E-state index in [2.05, 4.69) is 0 Å². The third-order valence-electron chi connectivity index (χ3n) is 6.96. The summed E-state index contributed by atoms with van der Waals surface area (Å²) in [6, 6.07) is 3.43. The molecule has 3 aliphatic rings. The third kappa shape index (κ3) is 4.75. The van der Waals surface area contributed by atoms with Gasteiger partial charge in [0.15, 0.2) is 17.3 Å². The number of carboxylic acid groups (broad SMARTS) is 1. The van der Waals surface area contributed by atoms with Crippen molar-refractivity contribution in [3.05, 3.63) is 50.3 Å². The summed E-state index contributed by atoms with van der Waals surface area (Å²) in [5.41, 5.74) is 2.30. The zero-order valence-corrected chi connectivity index (χ0v) is 22.3. The van der Waals surface area contributed by atoms with Gasteiger partial charge in [-0.2, -0.15) is 0 Å². The molecule has 0 saturated heterocycles. The van der Waals surface area contributed by atoms with Gasteiger partial charge in [-0.05, 0) is 48.3 Å². The van der Waals surface area contributed by atoms with Gasteiger partial charge in [-0.25, -0.2) is 0 Å². The molecule has 0 fully saturated rings. The largest absolute Gasteiger partial charge is 0.491 e. The Hall–Kier alpha value is -2.31. The van der Waals surface area contributed by atoms with Gasteiger partial charge < -0.3 is 14.7 Å². The summed E-state index contributed by atoms with van der Waals surface area (Å²) in [6.45, 7) is 9.94. The summed E-state index contributed by atoms with van der Waals surface area (Å²) in [4.78, 5) is 41.0. The number of ketones is 2. The van der Waals surface area contributed by atoms with E-state index in [1.54, 1.807) is 17.0 Å². The molecule has 0 spiro atoms. The Morgan fingerprint density at radius 2 is 1.43 bits per heavy atom. The highest BCUT2D eigenvalue weighted by Crippen LogP contribution is 2.55. The number of carboxylic acids is 1. The molecule has 8 heteroatoms. The van der Waals surface area contributed by atoms with Crippen LogP contribution in [0.15, 0.2) is 34.7 Å². The summed E-state index contributed by atoms with van der Waals surface area (Å²) in [6.07, 6.45) is 1.68. The van der Waals surface area contributed by atoms with Crippen LogP contribution in [0.5, 0.6) is 5.75 Å². The first kappa shape index (κ1) is 25.8. The van der Waals surface area contributed by atoms with Crippen LogP contribution >= 0.6 is 23.2 Å². The minimum Gasteiger partial charge on any atom is -0.491 e. The molecule has 1 aromatic rings. The van der Waals surface area contributed by atoms with E-state index < -0.39 is 11.9 Å². The minimum atomic E-state index is -1.01. The van der Waals surface area contributed by atoms with Gasteiger partial charge in [0, 0.05) is 41.3 Å². The molecule has 0 saturated carbocycles. The average molecular weight is 520 g/mol. The molecule has 4 rings (SSSR count). The van der Waals surface area contributed by atoms with Crippen molar-refractivity contribution in [3.63, 3.8) is 0 Å². The quantitative estimate of drug-likeness (QED) is 0.501. The van der Waals surface area contributed by atoms with E-state index in [9.17, 15) is 19.5 Å². The molecule has 0 bridgehead atoms. The number of carbonyl (C=O) groups excluding carboxylic acids is 2. The molecule has 1 N–H and O–H groups in total. The molecule has 188 valence electrons. The highest BCUT2D eigenvalue weighted by Gasteiger charge is 2.49. The topological polar surface area (TPSA) is 83.9 Å². The van der Waals surface area contributed by atoms with Crippen molar-refractivity contribution < 1.29 is 24.2 Å². The van der Waals surface area contributed by atoms with Crippen LogP contribution in [0.2, 0.25) is 10.0 Å². The lowest BCUT2D eigenvalue weighted by Crippen LogP contribution is -2.45. The number of hydrogen-bond donors (Lipinski definition) is 1. The van der Waals surface area contributed by atoms with Crippen LogP contribution in [-0.4, -0.2) is 40.7 Å². The van der Waals surface area contributed by atoms with Gasteiger partial charge >= 0.3 is 5.97 Å². The molecule has 35 heavy (non-hydrogen) atoms. The van der Waals surface area contributed by atoms with Crippen LogP contribution in [0.25, 0.3) is 0 Å². The first-order valence-electron chi connectivity index (χ1n) is 11.9. The minimum absolute atomic E-state index is 0.0815. The van der Waals surface area contributed by atoms with E-state index in [4.69, 9.17) is 27.9 Å². The van der Waals surface area contributed by atoms with Crippen molar-refractivity contribution in [1.82, 2.24) is 4.90 Å². The van der Waals surface area contributed by atoms with E-state index in [1.165, 1.54) is 0 Å². The SMILES string of the molecule is CCOc1c(Cl)cc(C2C3=C(CC(C)(C)CC3=O)N(CC(=O)O)C3=C2C(=O)CC(C)(C)C3)cc1Cl. The second-order valence-corrected chi connectivity index (χ2v) is 12.1. The number of halogens is 2. The number of nitrogens with zero attached hydrogens (tertiary/aromatic N) is 1. The van der Waals surface area contributed by atoms with Crippen molar-refractivity contribution in [2.45, 2.75) is 66.2 Å². The van der Waals surface area contributed by atoms with Crippen LogP contribution in [0.1, 0.15) is 71.8 Å². The highest BCUT2D eigenvalue weighted by atomic mass is 35.5. The van der Waals surface area contributed by atoms with Gasteiger partial charge in [-0.1, -0.05) is 50.9 Å². The Labute approximate surface area is 215 Å². The maximum absolute atomic E-state index is 13.7. The van der Waals surface area contributed by atoms with Crippen molar-refractivity contribution in [2.75, 3.05) is 13.2 Å². The molecule has 0 atom stereocenters. The summed E-state index contributed by atoms with van der Waals surface area (Å²) < 4.78 is 5.59. The lowest BCUT2D eigenvalue weighted by Gasteiger charge is -2.48. The molecule has 0 amide bonds. The van der Waals surface area contributed by atoms with E-state index in [-0.39, 0.29) is 28.9 Å². The van der Waals surface area contributed by atoms with Gasteiger partial charge in [0.1, 0.15) is 6.54 Å². The van der Waals surface area contributed by atoms with Crippen LogP contribution in [-0.2, 0) is 14.4 Å². The van der Waals surface area contributed by atoms with Gasteiger partial charge in [0.05, 0.1) is 16.7 Å². The highest BCUT2D eigenvalue weighted by molar-refractivity contribution is 6.37. The molecule has 0 radical (unpaired) electrons. The fourth-order valence-corrected chi connectivity index (χ4v) is 6.35. The molecular formula is C27H31Cl2NO5. The molecule has 2 aliphatic carbocycles. The zero-order chi connectivity index (χ0) is 25.9. The van der Waals surface area contributed by atoms with E-state index in [0.717, 1.165) is 0 Å². The molecular weight excluding hydrogens is 489 g/mol. The van der Waals surface area contributed by atoms with Crippen molar-refractivity contribution in [1.29, 1.82) is 0 Å². The van der Waals surface area contributed by atoms with Gasteiger partial charge in [0.25, 0.3) is 0 Å². The first-order chi connectivity index (χ1) is 16.2. The smallest absolute Gasteiger partial charge is 0.323 e. The normalized spacial score (nSPS) is 21.7. The molecule has 0 aromatic heterocycles. The maximum atomic E-state index is 13.7. The number of rotatable bonds is 5. The van der Waals surface area contributed by atoms with Crippen LogP contribution < -0.4 is 4.74 Å². The van der Waals surface area contributed by atoms with Gasteiger partial charge in [-0.3, -0.25) is 14.4 Å². The van der Waals surface area contributed by atoms with Crippen molar-refractivity contribution >= 4 is 40.7 Å². The number of allylic oxidation sites excluding steroid dienone is 4. The molecule has 1 aromatic carbocycles. The van der Waals surface area contributed by atoms with Crippen LogP contribution in [0.3, 0.4) is 0 Å². The lowest BCUT2D eigenvalue weighted by atomic mass is 9.63. The average Bonchev–Trinajstić information content (AvgIpc) is 2.69. The summed E-state index contributed by atoms with van der Waals surface area (Å²) in [7, 11) is 0. The number of aliphatic carboxylic acids is 1. The second-order valence-electron chi connectivity index (χ2n) is 11.3. The third-order valence-corrected chi connectivity index (χ3v) is 7.52. The Kier molecular flexibility index (Phi) is 6.60. The van der Waals surface area contributed by atoms with Crippen LogP contribution in [0, 0.1) is 10.8 Å². The predicted molar refractivity (Wildman–Crippen MR) is 135 cm³/mol. The standard InChI is InChI=1S/C27H31Cl2NO5/c1-6-35-25-15(28)7-14(8-16(25)29)22-23-17(9-26(2,3)11-19(23)31)30(13-21(33)34)18-10-27(4,5)12-20(32)24(18)22/h7-8,22H,6,9-13H2,1-5H3,(H,33,34). The zero-order valence-electron chi connectivity index (χ0n) is 20.8. The Balaban J connectivity index is 2.01. The van der Waals surface area contributed by atoms with E-state index in [0.29, 0.717) is 76.2 Å². The second kappa shape index (κ2) is 8.97. The molecule has 1 heterocycles. The first-order valence-corrected chi connectivity index (χ1v) is 12.6. The Bertz CT molecular complexity index is 1120. The predicted octanol–water partition coefficient (Wildman–Crippen LogP) is 6.16. The lowest BCUT2D eigenvalue weighted by molar-refractivity contribution is -0.138. The van der Waals surface area contributed by atoms with Gasteiger partial charge in [-0.15, -0.1) is 0 Å². The monoisotopic (exact) mass is 519 g/mol. The number of benzene rings is 1.